The molecule has 1 saturated heterocycles. The van der Waals surface area contributed by atoms with Crippen LogP contribution in [0.15, 0.2) is 54.6 Å². The van der Waals surface area contributed by atoms with Gasteiger partial charge in [-0.15, -0.1) is 0 Å². The molecule has 2 fully saturated rings. The van der Waals surface area contributed by atoms with E-state index in [1.165, 1.54) is 12.8 Å². The molecule has 5 heteroatoms. The fraction of sp³-hybridized carbons (Fsp3) is 0.462. The van der Waals surface area contributed by atoms with Crippen molar-refractivity contribution < 1.29 is 14.3 Å². The molecule has 1 aliphatic carbocycles. The van der Waals surface area contributed by atoms with E-state index in [1.54, 1.807) is 7.11 Å². The summed E-state index contributed by atoms with van der Waals surface area (Å²) in [5.41, 5.74) is 2.16. The lowest BCUT2D eigenvalue weighted by atomic mass is 9.83. The number of amides is 2. The van der Waals surface area contributed by atoms with Gasteiger partial charge in [0.2, 0.25) is 11.8 Å². The smallest absolute Gasteiger partial charge is 0.230 e. The fourth-order valence-electron chi connectivity index (χ4n) is 5.01. The highest BCUT2D eigenvalue weighted by atomic mass is 16.5. The van der Waals surface area contributed by atoms with Crippen molar-refractivity contribution >= 4 is 11.8 Å². The van der Waals surface area contributed by atoms with Crippen LogP contribution in [0.25, 0.3) is 0 Å². The molecule has 2 aliphatic rings. The number of carbonyl (C=O) groups is 2. The third kappa shape index (κ3) is 5.09. The lowest BCUT2D eigenvalue weighted by Gasteiger charge is -2.30. The molecule has 2 aromatic carbocycles. The highest BCUT2D eigenvalue weighted by Gasteiger charge is 2.35. The molecule has 1 aliphatic heterocycles. The summed E-state index contributed by atoms with van der Waals surface area (Å²) < 4.78 is 5.30. The quantitative estimate of drug-likeness (QED) is 0.703. The summed E-state index contributed by atoms with van der Waals surface area (Å²) in [7, 11) is 1.65. The Morgan fingerprint density at radius 1 is 1.03 bits per heavy atom. The van der Waals surface area contributed by atoms with Gasteiger partial charge in [0.25, 0.3) is 0 Å². The van der Waals surface area contributed by atoms with E-state index in [-0.39, 0.29) is 17.7 Å². The van der Waals surface area contributed by atoms with Crippen molar-refractivity contribution in [2.45, 2.75) is 44.6 Å². The average Bonchev–Trinajstić information content (AvgIpc) is 3.26. The van der Waals surface area contributed by atoms with Gasteiger partial charge >= 0.3 is 0 Å². The van der Waals surface area contributed by atoms with Crippen molar-refractivity contribution in [1.82, 2.24) is 9.80 Å². The van der Waals surface area contributed by atoms with Crippen molar-refractivity contribution in [2.75, 3.05) is 26.7 Å². The predicted octanol–water partition coefficient (Wildman–Crippen LogP) is 4.23. The third-order valence-corrected chi connectivity index (χ3v) is 6.70. The molecule has 0 spiro atoms. The van der Waals surface area contributed by atoms with Crippen molar-refractivity contribution in [1.29, 1.82) is 0 Å². The molecule has 1 unspecified atom stereocenters. The van der Waals surface area contributed by atoms with Crippen LogP contribution in [0.3, 0.4) is 0 Å². The van der Waals surface area contributed by atoms with E-state index in [0.717, 1.165) is 29.7 Å². The first-order chi connectivity index (χ1) is 15.2. The van der Waals surface area contributed by atoms with E-state index in [9.17, 15) is 9.59 Å². The number of hydrogen-bond acceptors (Lipinski definition) is 3. The second-order valence-electron chi connectivity index (χ2n) is 8.67. The van der Waals surface area contributed by atoms with Crippen LogP contribution in [0.1, 0.15) is 49.1 Å². The minimum absolute atomic E-state index is 0.0938. The van der Waals surface area contributed by atoms with Crippen molar-refractivity contribution in [3.63, 3.8) is 0 Å². The maximum atomic E-state index is 13.7. The summed E-state index contributed by atoms with van der Waals surface area (Å²) in [6.45, 7) is 2.20. The molecule has 0 radical (unpaired) electrons. The number of ether oxygens (including phenoxy) is 1. The molecule has 2 aromatic rings. The Hall–Kier alpha value is -2.82. The zero-order valence-electron chi connectivity index (χ0n) is 18.3. The molecular weight excluding hydrogens is 388 g/mol. The van der Waals surface area contributed by atoms with Crippen molar-refractivity contribution in [2.24, 2.45) is 5.92 Å². The summed E-state index contributed by atoms with van der Waals surface area (Å²) in [6.07, 6.45) is 5.00. The van der Waals surface area contributed by atoms with E-state index in [0.29, 0.717) is 38.5 Å². The first-order valence-electron chi connectivity index (χ1n) is 11.4. The van der Waals surface area contributed by atoms with E-state index in [2.05, 4.69) is 12.1 Å². The van der Waals surface area contributed by atoms with Gasteiger partial charge < -0.3 is 14.5 Å². The number of methoxy groups -OCH3 is 1. The van der Waals surface area contributed by atoms with Gasteiger partial charge in [0.1, 0.15) is 5.75 Å². The second-order valence-corrected chi connectivity index (χ2v) is 8.67. The monoisotopic (exact) mass is 420 g/mol. The zero-order valence-corrected chi connectivity index (χ0v) is 18.3. The molecule has 31 heavy (non-hydrogen) atoms. The fourth-order valence-corrected chi connectivity index (χ4v) is 5.01. The van der Waals surface area contributed by atoms with Gasteiger partial charge in [0.15, 0.2) is 0 Å². The third-order valence-electron chi connectivity index (χ3n) is 6.70. The summed E-state index contributed by atoms with van der Waals surface area (Å²) in [6, 6.07) is 18.0. The molecule has 1 saturated carbocycles. The maximum absolute atomic E-state index is 13.7. The predicted molar refractivity (Wildman–Crippen MR) is 121 cm³/mol. The van der Waals surface area contributed by atoms with Crippen LogP contribution in [-0.4, -0.2) is 48.4 Å². The Balaban J connectivity index is 1.47. The molecule has 0 aromatic heterocycles. The van der Waals surface area contributed by atoms with Crippen LogP contribution < -0.4 is 4.74 Å². The molecule has 164 valence electrons. The van der Waals surface area contributed by atoms with E-state index in [1.807, 2.05) is 52.3 Å². The molecular formula is C26H32N2O3. The summed E-state index contributed by atoms with van der Waals surface area (Å²) >= 11 is 0. The number of nitrogens with zero attached hydrogens (tertiary/aromatic N) is 2. The lowest BCUT2D eigenvalue weighted by molar-refractivity contribution is -0.134. The normalized spacial score (nSPS) is 18.7. The van der Waals surface area contributed by atoms with Crippen LogP contribution >= 0.6 is 0 Å². The van der Waals surface area contributed by atoms with Crippen molar-refractivity contribution in [3.8, 4) is 5.75 Å². The van der Waals surface area contributed by atoms with Gasteiger partial charge in [-0.05, 0) is 42.0 Å². The summed E-state index contributed by atoms with van der Waals surface area (Å²) in [5.74, 6) is 1.40. The number of rotatable bonds is 6. The van der Waals surface area contributed by atoms with Crippen LogP contribution in [0.5, 0.6) is 5.75 Å². The van der Waals surface area contributed by atoms with Crippen molar-refractivity contribution in [3.05, 3.63) is 65.7 Å². The first-order valence-corrected chi connectivity index (χ1v) is 11.4. The number of hydrogen-bond donors (Lipinski definition) is 0. The number of benzene rings is 2. The van der Waals surface area contributed by atoms with Gasteiger partial charge in [-0.25, -0.2) is 0 Å². The molecule has 2 amide bonds. The van der Waals surface area contributed by atoms with Crippen LogP contribution in [0, 0.1) is 5.92 Å². The molecule has 1 heterocycles. The Morgan fingerprint density at radius 3 is 2.55 bits per heavy atom. The van der Waals surface area contributed by atoms with E-state index >= 15 is 0 Å². The first kappa shape index (κ1) is 21.4. The summed E-state index contributed by atoms with van der Waals surface area (Å²) in [4.78, 5) is 30.3. The molecule has 5 nitrogen and oxygen atoms in total. The minimum atomic E-state index is -0.0938. The minimum Gasteiger partial charge on any atom is -0.497 e. The van der Waals surface area contributed by atoms with Crippen LogP contribution in [-0.2, 0) is 16.1 Å². The maximum Gasteiger partial charge on any atom is 0.230 e. The van der Waals surface area contributed by atoms with Gasteiger partial charge in [0, 0.05) is 32.6 Å². The summed E-state index contributed by atoms with van der Waals surface area (Å²) in [5, 5.41) is 0. The van der Waals surface area contributed by atoms with Gasteiger partial charge in [-0.3, -0.25) is 9.59 Å². The highest BCUT2D eigenvalue weighted by molar-refractivity contribution is 5.85. The van der Waals surface area contributed by atoms with Gasteiger partial charge in [0.05, 0.1) is 13.0 Å². The Morgan fingerprint density at radius 2 is 1.81 bits per heavy atom. The number of carbonyl (C=O) groups excluding carboxylic acids is 2. The van der Waals surface area contributed by atoms with Crippen LogP contribution in [0.2, 0.25) is 0 Å². The van der Waals surface area contributed by atoms with Gasteiger partial charge in [-0.2, -0.15) is 0 Å². The zero-order chi connectivity index (χ0) is 21.6. The molecule has 0 N–H and O–H groups in total. The Labute approximate surface area is 185 Å². The Kier molecular flexibility index (Phi) is 6.90. The molecule has 1 atom stereocenters. The lowest BCUT2D eigenvalue weighted by Crippen LogP contribution is -2.40. The largest absolute Gasteiger partial charge is 0.497 e. The SMILES string of the molecule is COc1cccc(CN2CCN(C(=O)C(c3ccccc3)C3CCCC3)CCC2=O)c1. The Bertz CT molecular complexity index is 893. The molecule has 4 rings (SSSR count). The average molecular weight is 421 g/mol. The van der Waals surface area contributed by atoms with E-state index in [4.69, 9.17) is 4.74 Å². The second kappa shape index (κ2) is 9.99. The molecule has 0 bridgehead atoms. The van der Waals surface area contributed by atoms with Crippen LogP contribution in [0.4, 0.5) is 0 Å². The van der Waals surface area contributed by atoms with E-state index < -0.39 is 0 Å². The van der Waals surface area contributed by atoms with Gasteiger partial charge in [-0.1, -0.05) is 55.3 Å². The topological polar surface area (TPSA) is 49.9 Å². The highest BCUT2D eigenvalue weighted by Crippen LogP contribution is 2.38. The standard InChI is InChI=1S/C26H32N2O3/c1-31-23-13-7-8-20(18-23)19-28-17-16-27(15-14-24(28)29)26(30)25(22-11-5-6-12-22)21-9-3-2-4-10-21/h2-4,7-10,13,18,22,25H,5-6,11-12,14-17,19H2,1H3.